The van der Waals surface area contributed by atoms with Gasteiger partial charge in [-0.05, 0) is 47.7 Å². The molecule has 2 heterocycles. The maximum atomic E-state index is 13.5. The summed E-state index contributed by atoms with van der Waals surface area (Å²) in [5.74, 6) is -3.34. The van der Waals surface area contributed by atoms with Gasteiger partial charge in [0.05, 0.1) is 24.4 Å². The molecule has 9 heteroatoms. The van der Waals surface area contributed by atoms with Crippen LogP contribution in [0.3, 0.4) is 0 Å². The van der Waals surface area contributed by atoms with E-state index < -0.39 is 35.3 Å². The number of aliphatic hydroxyl groups is 1. The van der Waals surface area contributed by atoms with E-state index in [0.717, 1.165) is 29.0 Å². The molecule has 1 N–H and O–H groups in total. The van der Waals surface area contributed by atoms with Crippen LogP contribution in [0.4, 0.5) is 9.52 Å². The SMILES string of the molecule is COC(=O)c1sc(N2C(=O)C(=O)C(=C(O)c3ccc(F)cc3)C2c2ccc(C(C)(C)C)cc2)nc1C. The van der Waals surface area contributed by atoms with E-state index in [4.69, 9.17) is 4.74 Å². The number of anilines is 1. The van der Waals surface area contributed by atoms with Crippen molar-refractivity contribution in [3.05, 3.63) is 87.2 Å². The Morgan fingerprint density at radius 1 is 1.08 bits per heavy atom. The van der Waals surface area contributed by atoms with E-state index >= 15 is 0 Å². The Morgan fingerprint density at radius 2 is 1.69 bits per heavy atom. The third kappa shape index (κ3) is 4.42. The van der Waals surface area contributed by atoms with Crippen LogP contribution in [0.5, 0.6) is 0 Å². The van der Waals surface area contributed by atoms with Crippen molar-refractivity contribution in [1.82, 2.24) is 4.98 Å². The molecule has 0 radical (unpaired) electrons. The Morgan fingerprint density at radius 3 is 2.25 bits per heavy atom. The van der Waals surface area contributed by atoms with Gasteiger partial charge in [-0.3, -0.25) is 14.5 Å². The molecule has 1 unspecified atom stereocenters. The highest BCUT2D eigenvalue weighted by atomic mass is 32.1. The van der Waals surface area contributed by atoms with Gasteiger partial charge in [-0.1, -0.05) is 56.4 Å². The zero-order valence-electron chi connectivity index (χ0n) is 20.5. The molecular formula is C27H25FN2O5S. The van der Waals surface area contributed by atoms with Crippen molar-refractivity contribution in [1.29, 1.82) is 0 Å². The summed E-state index contributed by atoms with van der Waals surface area (Å²) < 4.78 is 18.3. The minimum atomic E-state index is -1.01. The van der Waals surface area contributed by atoms with Gasteiger partial charge in [-0.15, -0.1) is 0 Å². The Labute approximate surface area is 211 Å². The van der Waals surface area contributed by atoms with E-state index in [0.29, 0.717) is 11.3 Å². The Kier molecular flexibility index (Phi) is 6.53. The lowest BCUT2D eigenvalue weighted by atomic mass is 9.85. The van der Waals surface area contributed by atoms with Crippen LogP contribution in [0.2, 0.25) is 0 Å². The molecule has 186 valence electrons. The second kappa shape index (κ2) is 9.31. The van der Waals surface area contributed by atoms with Gasteiger partial charge in [0.15, 0.2) is 5.13 Å². The molecule has 1 aliphatic rings. The molecule has 36 heavy (non-hydrogen) atoms. The first-order valence-electron chi connectivity index (χ1n) is 11.2. The van der Waals surface area contributed by atoms with Crippen LogP contribution in [-0.2, 0) is 19.7 Å². The average Bonchev–Trinajstić information content (AvgIpc) is 3.35. The van der Waals surface area contributed by atoms with Gasteiger partial charge in [0.1, 0.15) is 16.5 Å². The Hall–Kier alpha value is -3.85. The van der Waals surface area contributed by atoms with Crippen LogP contribution < -0.4 is 4.90 Å². The highest BCUT2D eigenvalue weighted by Crippen LogP contribution is 2.44. The highest BCUT2D eigenvalue weighted by molar-refractivity contribution is 7.17. The fourth-order valence-corrected chi connectivity index (χ4v) is 5.05. The predicted molar refractivity (Wildman–Crippen MR) is 135 cm³/mol. The molecule has 0 bridgehead atoms. The fourth-order valence-electron chi connectivity index (χ4n) is 4.04. The van der Waals surface area contributed by atoms with E-state index in [1.165, 1.54) is 24.1 Å². The molecule has 1 atom stereocenters. The number of hydrogen-bond donors (Lipinski definition) is 1. The number of benzene rings is 2. The number of Topliss-reactive ketones (excluding diaryl/α,β-unsaturated/α-hetero) is 1. The summed E-state index contributed by atoms with van der Waals surface area (Å²) in [6.07, 6.45) is 0. The molecule has 7 nitrogen and oxygen atoms in total. The number of hydrogen-bond acceptors (Lipinski definition) is 7. The third-order valence-corrected chi connectivity index (χ3v) is 7.15. The van der Waals surface area contributed by atoms with Gasteiger partial charge >= 0.3 is 11.9 Å². The summed E-state index contributed by atoms with van der Waals surface area (Å²) in [7, 11) is 1.24. The largest absolute Gasteiger partial charge is 0.507 e. The van der Waals surface area contributed by atoms with Crippen molar-refractivity contribution in [3.63, 3.8) is 0 Å². The van der Waals surface area contributed by atoms with Gasteiger partial charge in [0, 0.05) is 5.56 Å². The summed E-state index contributed by atoms with van der Waals surface area (Å²) in [6, 6.07) is 11.4. The first-order valence-corrected chi connectivity index (χ1v) is 12.0. The summed E-state index contributed by atoms with van der Waals surface area (Å²) in [5, 5.41) is 11.3. The average molecular weight is 509 g/mol. The van der Waals surface area contributed by atoms with Crippen LogP contribution in [0.15, 0.2) is 54.1 Å². The number of carbonyl (C=O) groups excluding carboxylic acids is 3. The minimum absolute atomic E-state index is 0.123. The van der Waals surface area contributed by atoms with Gasteiger partial charge in [-0.25, -0.2) is 14.2 Å². The minimum Gasteiger partial charge on any atom is -0.507 e. The number of halogens is 1. The predicted octanol–water partition coefficient (Wildman–Crippen LogP) is 5.30. The zero-order valence-corrected chi connectivity index (χ0v) is 21.3. The second-order valence-corrected chi connectivity index (χ2v) is 10.4. The van der Waals surface area contributed by atoms with Crippen LogP contribution in [-0.4, -0.2) is 34.9 Å². The molecular weight excluding hydrogens is 483 g/mol. The van der Waals surface area contributed by atoms with Gasteiger partial charge in [0.2, 0.25) is 0 Å². The van der Waals surface area contributed by atoms with Crippen LogP contribution in [0.1, 0.15) is 58.9 Å². The number of ketones is 1. The highest BCUT2D eigenvalue weighted by Gasteiger charge is 2.48. The van der Waals surface area contributed by atoms with Gasteiger partial charge < -0.3 is 9.84 Å². The van der Waals surface area contributed by atoms with E-state index in [1.807, 2.05) is 12.1 Å². The molecule has 1 saturated heterocycles. The summed E-state index contributed by atoms with van der Waals surface area (Å²) >= 11 is 0.926. The van der Waals surface area contributed by atoms with E-state index in [9.17, 15) is 23.9 Å². The molecule has 0 spiro atoms. The standard InChI is InChI=1S/C27H25FN2O5S/c1-14-23(25(34)35-5)36-26(29-14)30-20(15-6-10-17(11-7-15)27(2,3)4)19(22(32)24(30)33)21(31)16-8-12-18(28)13-9-16/h6-13,20,31H,1-5H3. The van der Waals surface area contributed by atoms with Crippen molar-refractivity contribution in [3.8, 4) is 0 Å². The molecule has 1 fully saturated rings. The number of rotatable bonds is 4. The first kappa shape index (κ1) is 25.2. The molecule has 2 aromatic carbocycles. The molecule has 1 aromatic heterocycles. The Bertz CT molecular complexity index is 1390. The Balaban J connectivity index is 1.93. The van der Waals surface area contributed by atoms with Crippen molar-refractivity contribution in [2.24, 2.45) is 0 Å². The fraction of sp³-hybridized carbons (Fsp3) is 0.259. The van der Waals surface area contributed by atoms with Crippen LogP contribution in [0, 0.1) is 12.7 Å². The number of thiazole rings is 1. The lowest BCUT2D eigenvalue weighted by Gasteiger charge is -2.24. The number of methoxy groups -OCH3 is 1. The molecule has 1 aliphatic heterocycles. The number of amides is 1. The number of aliphatic hydroxyl groups excluding tert-OH is 1. The maximum Gasteiger partial charge on any atom is 0.350 e. The lowest BCUT2D eigenvalue weighted by molar-refractivity contribution is -0.132. The molecule has 0 saturated carbocycles. The number of nitrogens with zero attached hydrogens (tertiary/aromatic N) is 2. The summed E-state index contributed by atoms with van der Waals surface area (Å²) in [5.41, 5.74) is 1.87. The normalized spacial score (nSPS) is 17.5. The topological polar surface area (TPSA) is 96.8 Å². The zero-order chi connectivity index (χ0) is 26.4. The van der Waals surface area contributed by atoms with Crippen molar-refractivity contribution in [2.75, 3.05) is 12.0 Å². The number of aromatic nitrogens is 1. The van der Waals surface area contributed by atoms with E-state index in [1.54, 1.807) is 19.1 Å². The first-order chi connectivity index (χ1) is 16.9. The van der Waals surface area contributed by atoms with Crippen molar-refractivity contribution >= 4 is 39.9 Å². The molecule has 1 amide bonds. The van der Waals surface area contributed by atoms with E-state index in [-0.39, 0.29) is 26.6 Å². The van der Waals surface area contributed by atoms with Crippen LogP contribution in [0.25, 0.3) is 5.76 Å². The maximum absolute atomic E-state index is 13.5. The quantitative estimate of drug-likeness (QED) is 0.222. The molecule has 4 rings (SSSR count). The third-order valence-electron chi connectivity index (χ3n) is 6.02. The molecule has 0 aliphatic carbocycles. The van der Waals surface area contributed by atoms with Crippen molar-refractivity contribution < 1.29 is 28.6 Å². The van der Waals surface area contributed by atoms with Crippen LogP contribution >= 0.6 is 11.3 Å². The van der Waals surface area contributed by atoms with Gasteiger partial charge in [-0.2, -0.15) is 0 Å². The monoisotopic (exact) mass is 508 g/mol. The number of ether oxygens (including phenoxy) is 1. The summed E-state index contributed by atoms with van der Waals surface area (Å²) in [6.45, 7) is 7.80. The number of carbonyl (C=O) groups is 3. The van der Waals surface area contributed by atoms with Crippen molar-refractivity contribution in [2.45, 2.75) is 39.2 Å². The second-order valence-electron chi connectivity index (χ2n) is 9.45. The molecule has 3 aromatic rings. The number of aryl methyl sites for hydroxylation is 1. The van der Waals surface area contributed by atoms with Gasteiger partial charge in [0.25, 0.3) is 5.78 Å². The number of esters is 1. The van der Waals surface area contributed by atoms with E-state index in [2.05, 4.69) is 25.8 Å². The lowest BCUT2D eigenvalue weighted by Crippen LogP contribution is -2.29. The smallest absolute Gasteiger partial charge is 0.350 e. The summed E-state index contributed by atoms with van der Waals surface area (Å²) in [4.78, 5) is 44.5.